The molecule has 1 unspecified atom stereocenters. The van der Waals surface area contributed by atoms with Gasteiger partial charge in [0.2, 0.25) is 5.91 Å². The van der Waals surface area contributed by atoms with Gasteiger partial charge in [0.15, 0.2) is 0 Å². The summed E-state index contributed by atoms with van der Waals surface area (Å²) in [5.74, 6) is -0.00257. The zero-order chi connectivity index (χ0) is 10.6. The molecule has 1 aromatic rings. The second-order valence-corrected chi connectivity index (χ2v) is 3.31. The number of nitrogens with two attached hydrogens (primary N) is 1. The number of carbonyl (C=O) groups excluding carboxylic acids is 1. The van der Waals surface area contributed by atoms with Crippen LogP contribution in [-0.2, 0) is 11.3 Å². The van der Waals surface area contributed by atoms with Gasteiger partial charge < -0.3 is 15.6 Å². The maximum Gasteiger partial charge on any atom is 0.239 e. The first-order chi connectivity index (χ1) is 6.67. The Morgan fingerprint density at radius 1 is 1.71 bits per heavy atom. The van der Waals surface area contributed by atoms with Crippen molar-refractivity contribution in [3.05, 3.63) is 24.0 Å². The summed E-state index contributed by atoms with van der Waals surface area (Å²) in [4.78, 5) is 11.1. The molecule has 0 fully saturated rings. The Balaban J connectivity index is 2.63. The van der Waals surface area contributed by atoms with E-state index in [2.05, 4.69) is 5.32 Å². The number of likely N-dealkylation sites (N-methyl/N-ethyl adjacent to an activating group) is 1. The molecule has 0 aliphatic rings. The molecule has 4 nitrogen and oxygen atoms in total. The molecule has 78 valence electrons. The van der Waals surface area contributed by atoms with Crippen LogP contribution < -0.4 is 11.1 Å². The zero-order valence-corrected chi connectivity index (χ0v) is 8.66. The normalized spacial score (nSPS) is 12.5. The van der Waals surface area contributed by atoms with E-state index in [0.29, 0.717) is 6.54 Å². The van der Waals surface area contributed by atoms with E-state index in [-0.39, 0.29) is 11.9 Å². The molecule has 1 atom stereocenters. The number of carbonyl (C=O) groups is 1. The maximum atomic E-state index is 11.1. The molecule has 1 amide bonds. The SMILES string of the molecule is CCC(N)c1ccn(CC(=O)NC)c1. The van der Waals surface area contributed by atoms with Crippen LogP contribution in [0.5, 0.6) is 0 Å². The molecule has 0 aliphatic heterocycles. The van der Waals surface area contributed by atoms with Crippen molar-refractivity contribution >= 4 is 5.91 Å². The van der Waals surface area contributed by atoms with Gasteiger partial charge >= 0.3 is 0 Å². The van der Waals surface area contributed by atoms with Crippen molar-refractivity contribution in [3.8, 4) is 0 Å². The highest BCUT2D eigenvalue weighted by atomic mass is 16.1. The number of aromatic nitrogens is 1. The molecule has 0 aliphatic carbocycles. The fourth-order valence-corrected chi connectivity index (χ4v) is 1.26. The first-order valence-corrected chi connectivity index (χ1v) is 4.79. The standard InChI is InChI=1S/C10H17N3O/c1-3-9(11)8-4-5-13(6-8)7-10(14)12-2/h4-6,9H,3,7,11H2,1-2H3,(H,12,14). The van der Waals surface area contributed by atoms with Gasteiger partial charge in [0, 0.05) is 25.5 Å². The number of nitrogens with zero attached hydrogens (tertiary/aromatic N) is 1. The minimum Gasteiger partial charge on any atom is -0.358 e. The lowest BCUT2D eigenvalue weighted by Gasteiger charge is -2.05. The molecule has 1 heterocycles. The smallest absolute Gasteiger partial charge is 0.239 e. The summed E-state index contributed by atoms with van der Waals surface area (Å²) >= 11 is 0. The van der Waals surface area contributed by atoms with E-state index in [1.165, 1.54) is 0 Å². The Bertz CT molecular complexity index is 306. The quantitative estimate of drug-likeness (QED) is 0.740. The fourth-order valence-electron chi connectivity index (χ4n) is 1.26. The molecular weight excluding hydrogens is 178 g/mol. The van der Waals surface area contributed by atoms with Gasteiger partial charge in [-0.2, -0.15) is 0 Å². The second kappa shape index (κ2) is 4.81. The van der Waals surface area contributed by atoms with E-state index in [1.54, 1.807) is 7.05 Å². The predicted octanol–water partition coefficient (Wildman–Crippen LogP) is 0.644. The molecule has 14 heavy (non-hydrogen) atoms. The molecule has 0 bridgehead atoms. The summed E-state index contributed by atoms with van der Waals surface area (Å²) in [5, 5.41) is 2.57. The molecule has 1 rings (SSSR count). The lowest BCUT2D eigenvalue weighted by atomic mass is 10.1. The van der Waals surface area contributed by atoms with Gasteiger partial charge in [-0.3, -0.25) is 4.79 Å². The number of hydrogen-bond acceptors (Lipinski definition) is 2. The van der Waals surface area contributed by atoms with E-state index in [9.17, 15) is 4.79 Å². The molecule has 0 radical (unpaired) electrons. The zero-order valence-electron chi connectivity index (χ0n) is 8.66. The van der Waals surface area contributed by atoms with Gasteiger partial charge in [0.05, 0.1) is 0 Å². The van der Waals surface area contributed by atoms with Crippen LogP contribution in [0.4, 0.5) is 0 Å². The van der Waals surface area contributed by atoms with Gasteiger partial charge in [-0.1, -0.05) is 6.92 Å². The Hall–Kier alpha value is -1.29. The fraction of sp³-hybridized carbons (Fsp3) is 0.500. The summed E-state index contributed by atoms with van der Waals surface area (Å²) in [7, 11) is 1.63. The van der Waals surface area contributed by atoms with E-state index in [0.717, 1.165) is 12.0 Å². The third-order valence-corrected chi connectivity index (χ3v) is 2.25. The van der Waals surface area contributed by atoms with E-state index >= 15 is 0 Å². The minimum atomic E-state index is -0.00257. The third-order valence-electron chi connectivity index (χ3n) is 2.25. The lowest BCUT2D eigenvalue weighted by molar-refractivity contribution is -0.121. The van der Waals surface area contributed by atoms with Gasteiger partial charge in [0.25, 0.3) is 0 Å². The molecule has 1 aromatic heterocycles. The van der Waals surface area contributed by atoms with Crippen molar-refractivity contribution in [2.45, 2.75) is 25.9 Å². The van der Waals surface area contributed by atoms with Crippen LogP contribution in [0.3, 0.4) is 0 Å². The number of rotatable bonds is 4. The average molecular weight is 195 g/mol. The van der Waals surface area contributed by atoms with Gasteiger partial charge in [-0.05, 0) is 18.1 Å². The second-order valence-electron chi connectivity index (χ2n) is 3.31. The van der Waals surface area contributed by atoms with Crippen LogP contribution in [0.25, 0.3) is 0 Å². The molecular formula is C10H17N3O. The van der Waals surface area contributed by atoms with Crippen molar-refractivity contribution < 1.29 is 4.79 Å². The van der Waals surface area contributed by atoms with E-state index in [1.807, 2.05) is 30.0 Å². The summed E-state index contributed by atoms with van der Waals surface area (Å²) in [5.41, 5.74) is 6.94. The van der Waals surface area contributed by atoms with Gasteiger partial charge in [-0.25, -0.2) is 0 Å². The van der Waals surface area contributed by atoms with Crippen LogP contribution in [0.15, 0.2) is 18.5 Å². The van der Waals surface area contributed by atoms with Crippen LogP contribution >= 0.6 is 0 Å². The first kappa shape index (κ1) is 10.8. The summed E-state index contributed by atoms with van der Waals surface area (Å²) in [6.45, 7) is 2.40. The highest BCUT2D eigenvalue weighted by Gasteiger charge is 2.06. The summed E-state index contributed by atoms with van der Waals surface area (Å²) < 4.78 is 1.84. The Morgan fingerprint density at radius 3 is 3.00 bits per heavy atom. The number of amides is 1. The van der Waals surface area contributed by atoms with Crippen molar-refractivity contribution in [1.29, 1.82) is 0 Å². The predicted molar refractivity (Wildman–Crippen MR) is 55.7 cm³/mol. The van der Waals surface area contributed by atoms with Crippen molar-refractivity contribution in [3.63, 3.8) is 0 Å². The Labute approximate surface area is 84.1 Å². The van der Waals surface area contributed by atoms with E-state index < -0.39 is 0 Å². The molecule has 0 saturated carbocycles. The van der Waals surface area contributed by atoms with Crippen molar-refractivity contribution in [2.75, 3.05) is 7.05 Å². The molecule has 0 saturated heterocycles. The van der Waals surface area contributed by atoms with Crippen LogP contribution in [0.2, 0.25) is 0 Å². The topological polar surface area (TPSA) is 60.0 Å². The maximum absolute atomic E-state index is 11.1. The average Bonchev–Trinajstić information content (AvgIpc) is 2.65. The minimum absolute atomic E-state index is 0.00257. The molecule has 0 aromatic carbocycles. The third kappa shape index (κ3) is 2.60. The number of nitrogens with one attached hydrogen (secondary N) is 1. The van der Waals surface area contributed by atoms with Crippen LogP contribution in [-0.4, -0.2) is 17.5 Å². The highest BCUT2D eigenvalue weighted by molar-refractivity contribution is 5.75. The highest BCUT2D eigenvalue weighted by Crippen LogP contribution is 2.13. The molecule has 4 heteroatoms. The van der Waals surface area contributed by atoms with Gasteiger partial charge in [0.1, 0.15) is 6.54 Å². The largest absolute Gasteiger partial charge is 0.358 e. The van der Waals surface area contributed by atoms with Gasteiger partial charge in [-0.15, -0.1) is 0 Å². The molecule has 0 spiro atoms. The van der Waals surface area contributed by atoms with E-state index in [4.69, 9.17) is 5.73 Å². The Kier molecular flexibility index (Phi) is 3.71. The molecule has 3 N–H and O–H groups in total. The first-order valence-electron chi connectivity index (χ1n) is 4.79. The Morgan fingerprint density at radius 2 is 2.43 bits per heavy atom. The summed E-state index contributed by atoms with van der Waals surface area (Å²) in [6.07, 6.45) is 4.70. The van der Waals surface area contributed by atoms with Crippen molar-refractivity contribution in [1.82, 2.24) is 9.88 Å². The number of hydrogen-bond donors (Lipinski definition) is 2. The monoisotopic (exact) mass is 195 g/mol. The van der Waals surface area contributed by atoms with Crippen LogP contribution in [0.1, 0.15) is 24.9 Å². The van der Waals surface area contributed by atoms with Crippen LogP contribution in [0, 0.1) is 0 Å². The van der Waals surface area contributed by atoms with Crippen molar-refractivity contribution in [2.24, 2.45) is 5.73 Å². The summed E-state index contributed by atoms with van der Waals surface area (Å²) in [6, 6.07) is 2.03. The lowest BCUT2D eigenvalue weighted by Crippen LogP contribution is -2.22.